The molecule has 0 N–H and O–H groups in total. The average molecular weight is 618 g/mol. The zero-order chi connectivity index (χ0) is 32.4. The summed E-state index contributed by atoms with van der Waals surface area (Å²) in [7, 11) is 3.22. The number of methoxy groups -OCH3 is 2. The molecular formula is C34H55N3O7. The molecule has 248 valence electrons. The third-order valence-electron chi connectivity index (χ3n) is 8.09. The number of piperidine rings is 1. The fourth-order valence-electron chi connectivity index (χ4n) is 5.80. The van der Waals surface area contributed by atoms with Gasteiger partial charge in [0.05, 0.1) is 19.8 Å². The standard InChI is InChI=1S/C34H55N3O7/c1-9-17-35(22-25-11-12-25)31(38)21-27-14-15-28(23-36(27)33(40)44-34(4,5)6)37(24(2)3)32(39)26-13-16-29(42-8)30(20-26)43-19-10-18-41-7/h13,16,20,24-25,27-28H,9-12,14-15,17-19,21-23H2,1-8H3/t27-,28?/m0/s1. The van der Waals surface area contributed by atoms with Crippen molar-refractivity contribution in [2.45, 2.75) is 110 Å². The van der Waals surface area contributed by atoms with Gasteiger partial charge in [0.1, 0.15) is 5.60 Å². The van der Waals surface area contributed by atoms with Crippen LogP contribution in [0.2, 0.25) is 0 Å². The third kappa shape index (κ3) is 10.3. The van der Waals surface area contributed by atoms with E-state index in [1.165, 1.54) is 12.8 Å². The summed E-state index contributed by atoms with van der Waals surface area (Å²) in [4.78, 5) is 46.6. The Kier molecular flexibility index (Phi) is 13.2. The quantitative estimate of drug-likeness (QED) is 0.231. The molecule has 1 unspecified atom stereocenters. The van der Waals surface area contributed by atoms with Crippen LogP contribution in [0, 0.1) is 5.92 Å². The average Bonchev–Trinajstić information content (AvgIpc) is 3.78. The Hall–Kier alpha value is -3.01. The van der Waals surface area contributed by atoms with E-state index in [1.54, 1.807) is 37.3 Å². The number of amides is 3. The Morgan fingerprint density at radius 3 is 2.34 bits per heavy atom. The molecule has 2 fully saturated rings. The van der Waals surface area contributed by atoms with Crippen LogP contribution in [-0.4, -0.2) is 103 Å². The van der Waals surface area contributed by atoms with Gasteiger partial charge < -0.3 is 33.6 Å². The first-order chi connectivity index (χ1) is 20.9. The van der Waals surface area contributed by atoms with E-state index in [2.05, 4.69) is 6.92 Å². The van der Waals surface area contributed by atoms with Gasteiger partial charge in [-0.2, -0.15) is 0 Å². The van der Waals surface area contributed by atoms with Crippen LogP contribution >= 0.6 is 0 Å². The maximum Gasteiger partial charge on any atom is 0.410 e. The summed E-state index contributed by atoms with van der Waals surface area (Å²) in [6.45, 7) is 14.4. The summed E-state index contributed by atoms with van der Waals surface area (Å²) in [5, 5.41) is 0. The fraction of sp³-hybridized carbons (Fsp3) is 0.735. The van der Waals surface area contributed by atoms with Crippen molar-refractivity contribution >= 4 is 17.9 Å². The van der Waals surface area contributed by atoms with E-state index in [1.807, 2.05) is 44.4 Å². The molecule has 44 heavy (non-hydrogen) atoms. The molecule has 1 heterocycles. The van der Waals surface area contributed by atoms with Crippen LogP contribution in [0.1, 0.15) is 96.8 Å². The summed E-state index contributed by atoms with van der Waals surface area (Å²) in [6.07, 6.45) is 5.05. The molecule has 0 aromatic heterocycles. The highest BCUT2D eigenvalue weighted by molar-refractivity contribution is 5.95. The van der Waals surface area contributed by atoms with Crippen LogP contribution in [0.4, 0.5) is 4.79 Å². The monoisotopic (exact) mass is 617 g/mol. The van der Waals surface area contributed by atoms with E-state index in [4.69, 9.17) is 18.9 Å². The zero-order valence-electron chi connectivity index (χ0n) is 28.2. The van der Waals surface area contributed by atoms with Crippen molar-refractivity contribution in [2.24, 2.45) is 5.92 Å². The zero-order valence-corrected chi connectivity index (χ0v) is 28.2. The van der Waals surface area contributed by atoms with Crippen LogP contribution in [0.15, 0.2) is 18.2 Å². The van der Waals surface area contributed by atoms with Crippen LogP contribution in [0.3, 0.4) is 0 Å². The molecule has 1 saturated carbocycles. The Morgan fingerprint density at radius 2 is 1.75 bits per heavy atom. The van der Waals surface area contributed by atoms with Crippen molar-refractivity contribution in [1.82, 2.24) is 14.7 Å². The molecule has 10 nitrogen and oxygen atoms in total. The molecule has 0 radical (unpaired) electrons. The van der Waals surface area contributed by atoms with Gasteiger partial charge in [0.15, 0.2) is 11.5 Å². The van der Waals surface area contributed by atoms with E-state index in [9.17, 15) is 14.4 Å². The SMILES string of the molecule is CCCN(CC1CC1)C(=O)C[C@@H]1CCC(N(C(=O)c2ccc(OC)c(OCCCOC)c2)C(C)C)CN1C(=O)OC(C)(C)C. The minimum absolute atomic E-state index is 0.0869. The molecule has 3 rings (SSSR count). The van der Waals surface area contributed by atoms with Crippen molar-refractivity contribution < 1.29 is 33.3 Å². The summed E-state index contributed by atoms with van der Waals surface area (Å²) in [5.74, 6) is 1.59. The number of carbonyl (C=O) groups excluding carboxylic acids is 3. The largest absolute Gasteiger partial charge is 0.493 e. The molecule has 2 atom stereocenters. The number of carbonyl (C=O) groups is 3. The smallest absolute Gasteiger partial charge is 0.410 e. The predicted molar refractivity (Wildman–Crippen MR) is 170 cm³/mol. The van der Waals surface area contributed by atoms with Crippen molar-refractivity contribution in [3.8, 4) is 11.5 Å². The third-order valence-corrected chi connectivity index (χ3v) is 8.09. The van der Waals surface area contributed by atoms with Crippen molar-refractivity contribution in [3.05, 3.63) is 23.8 Å². The molecule has 3 amide bonds. The van der Waals surface area contributed by atoms with Gasteiger partial charge in [0, 0.05) is 63.8 Å². The van der Waals surface area contributed by atoms with Crippen molar-refractivity contribution in [2.75, 3.05) is 47.1 Å². The summed E-state index contributed by atoms with van der Waals surface area (Å²) < 4.78 is 22.3. The molecule has 1 saturated heterocycles. The first-order valence-electron chi connectivity index (χ1n) is 16.3. The van der Waals surface area contributed by atoms with Gasteiger partial charge in [-0.15, -0.1) is 0 Å². The van der Waals surface area contributed by atoms with E-state index < -0.39 is 11.7 Å². The van der Waals surface area contributed by atoms with Crippen LogP contribution in [0.25, 0.3) is 0 Å². The molecule has 2 aliphatic rings. The molecule has 10 heteroatoms. The fourth-order valence-corrected chi connectivity index (χ4v) is 5.80. The van der Waals surface area contributed by atoms with Crippen LogP contribution in [0.5, 0.6) is 11.5 Å². The van der Waals surface area contributed by atoms with Crippen LogP contribution in [-0.2, 0) is 14.3 Å². The van der Waals surface area contributed by atoms with Gasteiger partial charge in [-0.25, -0.2) is 4.79 Å². The summed E-state index contributed by atoms with van der Waals surface area (Å²) in [6, 6.07) is 4.56. The number of nitrogens with zero attached hydrogens (tertiary/aromatic N) is 3. The number of ether oxygens (including phenoxy) is 4. The lowest BCUT2D eigenvalue weighted by atomic mass is 9.93. The topological polar surface area (TPSA) is 97.9 Å². The highest BCUT2D eigenvalue weighted by Crippen LogP contribution is 2.33. The number of hydrogen-bond acceptors (Lipinski definition) is 7. The van der Waals surface area contributed by atoms with Gasteiger partial charge in [-0.1, -0.05) is 6.92 Å². The first kappa shape index (κ1) is 35.5. The second-order valence-corrected chi connectivity index (χ2v) is 13.4. The summed E-state index contributed by atoms with van der Waals surface area (Å²) >= 11 is 0. The minimum atomic E-state index is -0.685. The molecule has 1 aromatic carbocycles. The van der Waals surface area contributed by atoms with E-state index in [0.717, 1.165) is 19.5 Å². The lowest BCUT2D eigenvalue weighted by molar-refractivity contribution is -0.133. The first-order valence-corrected chi connectivity index (χ1v) is 16.3. The van der Waals surface area contributed by atoms with Gasteiger partial charge in [-0.3, -0.25) is 9.59 Å². The number of rotatable bonds is 15. The van der Waals surface area contributed by atoms with E-state index in [-0.39, 0.29) is 36.4 Å². The molecular weight excluding hydrogens is 562 g/mol. The number of benzene rings is 1. The second-order valence-electron chi connectivity index (χ2n) is 13.4. The predicted octanol–water partition coefficient (Wildman–Crippen LogP) is 5.77. The van der Waals surface area contributed by atoms with E-state index in [0.29, 0.717) is 62.0 Å². The lowest BCUT2D eigenvalue weighted by Gasteiger charge is -2.45. The number of hydrogen-bond donors (Lipinski definition) is 0. The van der Waals surface area contributed by atoms with Crippen molar-refractivity contribution in [3.63, 3.8) is 0 Å². The Morgan fingerprint density at radius 1 is 1.02 bits per heavy atom. The van der Waals surface area contributed by atoms with Crippen LogP contribution < -0.4 is 9.47 Å². The minimum Gasteiger partial charge on any atom is -0.493 e. The molecule has 0 spiro atoms. The Labute approximate surface area is 264 Å². The number of likely N-dealkylation sites (tertiary alicyclic amines) is 1. The molecule has 1 aliphatic carbocycles. The highest BCUT2D eigenvalue weighted by Gasteiger charge is 2.40. The van der Waals surface area contributed by atoms with E-state index >= 15 is 0 Å². The molecule has 0 bridgehead atoms. The Balaban J connectivity index is 1.82. The highest BCUT2D eigenvalue weighted by atomic mass is 16.6. The van der Waals surface area contributed by atoms with Gasteiger partial charge in [0.25, 0.3) is 5.91 Å². The maximum absolute atomic E-state index is 14.1. The van der Waals surface area contributed by atoms with Gasteiger partial charge in [0.2, 0.25) is 5.91 Å². The Bertz CT molecular complexity index is 1100. The lowest BCUT2D eigenvalue weighted by Crippen LogP contribution is -2.58. The maximum atomic E-state index is 14.1. The molecule has 1 aromatic rings. The van der Waals surface area contributed by atoms with Crippen molar-refractivity contribution in [1.29, 1.82) is 0 Å². The molecule has 1 aliphatic heterocycles. The van der Waals surface area contributed by atoms with Gasteiger partial charge >= 0.3 is 6.09 Å². The second kappa shape index (κ2) is 16.3. The summed E-state index contributed by atoms with van der Waals surface area (Å²) in [5.41, 5.74) is -0.201. The normalized spacial score (nSPS) is 18.6. The van der Waals surface area contributed by atoms with Gasteiger partial charge in [-0.05, 0) is 90.8 Å².